The number of alkyl halides is 3. The lowest BCUT2D eigenvalue weighted by molar-refractivity contribution is -0.274. The van der Waals surface area contributed by atoms with Gasteiger partial charge in [0.15, 0.2) is 0 Å². The number of carbonyl (C=O) groups is 2. The van der Waals surface area contributed by atoms with E-state index in [-0.39, 0.29) is 36.8 Å². The molecule has 0 saturated heterocycles. The topological polar surface area (TPSA) is 67.4 Å². The van der Waals surface area contributed by atoms with Gasteiger partial charge in [-0.25, -0.2) is 4.39 Å². The van der Waals surface area contributed by atoms with Crippen LogP contribution in [0.2, 0.25) is 0 Å². The summed E-state index contributed by atoms with van der Waals surface area (Å²) in [7, 11) is 0. The molecule has 0 heterocycles. The van der Waals surface area contributed by atoms with Crippen molar-refractivity contribution in [1.82, 2.24) is 10.6 Å². The minimum Gasteiger partial charge on any atom is -0.406 e. The molecule has 0 aliphatic heterocycles. The first-order valence-electron chi connectivity index (χ1n) is 7.88. The van der Waals surface area contributed by atoms with E-state index >= 15 is 0 Å². The van der Waals surface area contributed by atoms with E-state index in [1.165, 1.54) is 36.4 Å². The third-order valence-electron chi connectivity index (χ3n) is 3.36. The molecule has 2 N–H and O–H groups in total. The Kier molecular flexibility index (Phi) is 6.75. The predicted molar refractivity (Wildman–Crippen MR) is 88.6 cm³/mol. The quantitative estimate of drug-likeness (QED) is 0.570. The molecule has 0 aliphatic carbocycles. The maximum absolute atomic E-state index is 12.8. The molecule has 9 heteroatoms. The summed E-state index contributed by atoms with van der Waals surface area (Å²) in [5.74, 6) is -1.60. The molecule has 0 aromatic heterocycles. The normalized spacial score (nSPS) is 11.0. The molecule has 144 valence electrons. The van der Waals surface area contributed by atoms with Crippen LogP contribution in [0.1, 0.15) is 15.9 Å². The maximum atomic E-state index is 12.8. The van der Waals surface area contributed by atoms with Crippen molar-refractivity contribution in [2.75, 3.05) is 13.1 Å². The first-order valence-corrected chi connectivity index (χ1v) is 7.88. The van der Waals surface area contributed by atoms with Crippen LogP contribution in [0.25, 0.3) is 0 Å². The smallest absolute Gasteiger partial charge is 0.406 e. The van der Waals surface area contributed by atoms with E-state index in [9.17, 15) is 27.2 Å². The van der Waals surface area contributed by atoms with E-state index in [1.807, 2.05) is 0 Å². The van der Waals surface area contributed by atoms with Crippen molar-refractivity contribution in [3.8, 4) is 5.75 Å². The van der Waals surface area contributed by atoms with Crippen molar-refractivity contribution in [2.45, 2.75) is 12.8 Å². The van der Waals surface area contributed by atoms with E-state index in [2.05, 4.69) is 15.4 Å². The molecule has 0 atom stereocenters. The largest absolute Gasteiger partial charge is 0.573 e. The molecule has 2 aromatic carbocycles. The predicted octanol–water partition coefficient (Wildman–Crippen LogP) is 2.81. The summed E-state index contributed by atoms with van der Waals surface area (Å²) in [6, 6.07) is 9.99. The SMILES string of the molecule is O=C(Cc1ccc(F)cc1)NCCNC(=O)c1ccc(OC(F)(F)F)cc1. The van der Waals surface area contributed by atoms with Crippen molar-refractivity contribution < 1.29 is 31.9 Å². The van der Waals surface area contributed by atoms with Crippen LogP contribution in [0.4, 0.5) is 17.6 Å². The second kappa shape index (κ2) is 9.02. The zero-order valence-corrected chi connectivity index (χ0v) is 14.0. The zero-order chi connectivity index (χ0) is 19.9. The fourth-order valence-electron chi connectivity index (χ4n) is 2.14. The summed E-state index contributed by atoms with van der Waals surface area (Å²) in [6.45, 7) is 0.301. The van der Waals surface area contributed by atoms with Gasteiger partial charge in [-0.15, -0.1) is 13.2 Å². The molecule has 0 bridgehead atoms. The third kappa shape index (κ3) is 7.35. The molecule has 2 aromatic rings. The number of ether oxygens (including phenoxy) is 1. The number of nitrogens with one attached hydrogen (secondary N) is 2. The molecule has 5 nitrogen and oxygen atoms in total. The number of amides is 2. The first-order chi connectivity index (χ1) is 12.7. The lowest BCUT2D eigenvalue weighted by atomic mass is 10.1. The summed E-state index contributed by atoms with van der Waals surface area (Å²) >= 11 is 0. The Bertz CT molecular complexity index is 775. The first kappa shape index (κ1) is 20.2. The molecular formula is C18H16F4N2O3. The van der Waals surface area contributed by atoms with Crippen LogP contribution in [0.15, 0.2) is 48.5 Å². The molecule has 0 aliphatic rings. The Balaban J connectivity index is 1.71. The van der Waals surface area contributed by atoms with Crippen LogP contribution in [-0.2, 0) is 11.2 Å². The fraction of sp³-hybridized carbons (Fsp3) is 0.222. The Hall–Kier alpha value is -3.10. The van der Waals surface area contributed by atoms with Crippen molar-refractivity contribution in [2.24, 2.45) is 0 Å². The van der Waals surface area contributed by atoms with Gasteiger partial charge in [0.2, 0.25) is 5.91 Å². The van der Waals surface area contributed by atoms with Gasteiger partial charge in [0.05, 0.1) is 6.42 Å². The van der Waals surface area contributed by atoms with E-state index in [4.69, 9.17) is 0 Å². The number of carbonyl (C=O) groups excluding carboxylic acids is 2. The fourth-order valence-corrected chi connectivity index (χ4v) is 2.14. The Morgan fingerprint density at radius 1 is 0.889 bits per heavy atom. The second-order valence-electron chi connectivity index (χ2n) is 5.48. The third-order valence-corrected chi connectivity index (χ3v) is 3.36. The molecule has 27 heavy (non-hydrogen) atoms. The number of rotatable bonds is 7. The van der Waals surface area contributed by atoms with Crippen LogP contribution < -0.4 is 15.4 Å². The summed E-state index contributed by atoms with van der Waals surface area (Å²) in [5, 5.41) is 5.12. The highest BCUT2D eigenvalue weighted by Gasteiger charge is 2.31. The number of halogens is 4. The Labute approximate surface area is 152 Å². The second-order valence-corrected chi connectivity index (χ2v) is 5.48. The summed E-state index contributed by atoms with van der Waals surface area (Å²) in [6.07, 6.45) is -4.72. The molecule has 2 amide bonds. The van der Waals surface area contributed by atoms with Crippen molar-refractivity contribution in [3.63, 3.8) is 0 Å². The van der Waals surface area contributed by atoms with Crippen molar-refractivity contribution >= 4 is 11.8 Å². The van der Waals surface area contributed by atoms with Crippen LogP contribution in [0, 0.1) is 5.82 Å². The minimum atomic E-state index is -4.80. The van der Waals surface area contributed by atoms with Crippen LogP contribution in [0.3, 0.4) is 0 Å². The number of hydrogen-bond donors (Lipinski definition) is 2. The average molecular weight is 384 g/mol. The minimum absolute atomic E-state index is 0.0783. The Morgan fingerprint density at radius 2 is 1.48 bits per heavy atom. The van der Waals surface area contributed by atoms with E-state index in [0.29, 0.717) is 5.56 Å². The van der Waals surface area contributed by atoms with Gasteiger partial charge in [-0.05, 0) is 42.0 Å². The van der Waals surface area contributed by atoms with E-state index < -0.39 is 18.0 Å². The lowest BCUT2D eigenvalue weighted by Gasteiger charge is -2.10. The van der Waals surface area contributed by atoms with Gasteiger partial charge in [0, 0.05) is 18.7 Å². The lowest BCUT2D eigenvalue weighted by Crippen LogP contribution is -2.35. The molecule has 0 radical (unpaired) electrons. The van der Waals surface area contributed by atoms with Gasteiger partial charge < -0.3 is 15.4 Å². The van der Waals surface area contributed by atoms with Gasteiger partial charge in [0.1, 0.15) is 11.6 Å². The van der Waals surface area contributed by atoms with Crippen molar-refractivity contribution in [1.29, 1.82) is 0 Å². The van der Waals surface area contributed by atoms with Gasteiger partial charge in [-0.3, -0.25) is 9.59 Å². The monoisotopic (exact) mass is 384 g/mol. The van der Waals surface area contributed by atoms with Crippen molar-refractivity contribution in [3.05, 3.63) is 65.5 Å². The Morgan fingerprint density at radius 3 is 2.07 bits per heavy atom. The number of hydrogen-bond acceptors (Lipinski definition) is 3. The molecule has 0 unspecified atom stereocenters. The zero-order valence-electron chi connectivity index (χ0n) is 14.0. The molecule has 2 rings (SSSR count). The number of benzene rings is 2. The highest BCUT2D eigenvalue weighted by molar-refractivity contribution is 5.94. The van der Waals surface area contributed by atoms with Gasteiger partial charge in [-0.1, -0.05) is 12.1 Å². The summed E-state index contributed by atoms with van der Waals surface area (Å²) < 4.78 is 52.7. The molecule has 0 fully saturated rings. The average Bonchev–Trinajstić information content (AvgIpc) is 2.60. The molecule has 0 saturated carbocycles. The van der Waals surface area contributed by atoms with Gasteiger partial charge in [0.25, 0.3) is 5.91 Å². The maximum Gasteiger partial charge on any atom is 0.573 e. The standard InChI is InChI=1S/C18H16F4N2O3/c19-14-5-1-12(2-6-14)11-16(25)23-9-10-24-17(26)13-3-7-15(8-4-13)27-18(20,21)22/h1-8H,9-11H2,(H,23,25)(H,24,26). The van der Waals surface area contributed by atoms with Gasteiger partial charge >= 0.3 is 6.36 Å². The van der Waals surface area contributed by atoms with Crippen LogP contribution in [-0.4, -0.2) is 31.3 Å². The molecular weight excluding hydrogens is 368 g/mol. The van der Waals surface area contributed by atoms with Gasteiger partial charge in [-0.2, -0.15) is 0 Å². The van der Waals surface area contributed by atoms with E-state index in [0.717, 1.165) is 12.1 Å². The van der Waals surface area contributed by atoms with Crippen LogP contribution in [0.5, 0.6) is 5.75 Å². The highest BCUT2D eigenvalue weighted by Crippen LogP contribution is 2.22. The highest BCUT2D eigenvalue weighted by atomic mass is 19.4. The van der Waals surface area contributed by atoms with Crippen LogP contribution >= 0.6 is 0 Å². The summed E-state index contributed by atoms with van der Waals surface area (Å²) in [4.78, 5) is 23.6. The summed E-state index contributed by atoms with van der Waals surface area (Å²) in [5.41, 5.74) is 0.807. The van der Waals surface area contributed by atoms with E-state index in [1.54, 1.807) is 0 Å². The molecule has 0 spiro atoms.